The smallest absolute Gasteiger partial charge is 0.249 e. The van der Waals surface area contributed by atoms with Crippen molar-refractivity contribution in [3.8, 4) is 11.5 Å². The van der Waals surface area contributed by atoms with Gasteiger partial charge in [0.25, 0.3) is 0 Å². The molecule has 0 saturated carbocycles. The summed E-state index contributed by atoms with van der Waals surface area (Å²) < 4.78 is 6.94. The van der Waals surface area contributed by atoms with Crippen LogP contribution in [-0.2, 0) is 11.3 Å². The summed E-state index contributed by atoms with van der Waals surface area (Å²) in [7, 11) is 0. The molecule has 0 radical (unpaired) electrons. The normalized spacial score (nSPS) is 17.1. The fourth-order valence-electron chi connectivity index (χ4n) is 2.93. The summed E-state index contributed by atoms with van der Waals surface area (Å²) in [5.41, 5.74) is 0.645. The highest BCUT2D eigenvalue weighted by molar-refractivity contribution is 5.76. The van der Waals surface area contributed by atoms with E-state index in [4.69, 9.17) is 4.52 Å². The minimum Gasteiger partial charge on any atom is -0.337 e. The van der Waals surface area contributed by atoms with Gasteiger partial charge in [-0.15, -0.1) is 5.10 Å². The van der Waals surface area contributed by atoms with Gasteiger partial charge < -0.3 is 9.42 Å². The van der Waals surface area contributed by atoms with Crippen LogP contribution in [0.4, 0.5) is 0 Å². The standard InChI is InChI=1S/C15H16N8O2/c24-13(6-9-22-10-17-20-21-22)23-8-3-5-12(23)15-18-14(19-25-15)11-4-1-2-7-16-11/h1-2,4,7,10,12H,3,5-6,8-9H2/t12-/m0/s1. The lowest BCUT2D eigenvalue weighted by Gasteiger charge is -2.21. The van der Waals surface area contributed by atoms with Crippen molar-refractivity contribution in [1.82, 2.24) is 40.2 Å². The fourth-order valence-corrected chi connectivity index (χ4v) is 2.93. The van der Waals surface area contributed by atoms with Crippen molar-refractivity contribution in [3.05, 3.63) is 36.6 Å². The highest BCUT2D eigenvalue weighted by atomic mass is 16.5. The Morgan fingerprint density at radius 3 is 3.12 bits per heavy atom. The van der Waals surface area contributed by atoms with E-state index in [9.17, 15) is 4.79 Å². The first-order valence-electron chi connectivity index (χ1n) is 8.06. The van der Waals surface area contributed by atoms with Crippen LogP contribution in [0.1, 0.15) is 31.2 Å². The molecule has 4 rings (SSSR count). The van der Waals surface area contributed by atoms with E-state index in [1.165, 1.54) is 11.0 Å². The number of likely N-dealkylation sites (tertiary alicyclic amines) is 1. The highest BCUT2D eigenvalue weighted by Crippen LogP contribution is 2.32. The van der Waals surface area contributed by atoms with Crippen LogP contribution in [0.3, 0.4) is 0 Å². The molecule has 1 atom stereocenters. The van der Waals surface area contributed by atoms with Gasteiger partial charge in [-0.3, -0.25) is 9.78 Å². The number of rotatable bonds is 5. The van der Waals surface area contributed by atoms with Gasteiger partial charge >= 0.3 is 0 Å². The molecule has 0 spiro atoms. The van der Waals surface area contributed by atoms with Crippen LogP contribution in [0.25, 0.3) is 11.5 Å². The van der Waals surface area contributed by atoms with Gasteiger partial charge in [0.1, 0.15) is 18.1 Å². The third-order valence-electron chi connectivity index (χ3n) is 4.14. The van der Waals surface area contributed by atoms with Gasteiger partial charge in [-0.2, -0.15) is 4.98 Å². The number of hydrogen-bond donors (Lipinski definition) is 0. The van der Waals surface area contributed by atoms with Crippen LogP contribution >= 0.6 is 0 Å². The molecule has 1 aliphatic heterocycles. The van der Waals surface area contributed by atoms with Gasteiger partial charge in [-0.25, -0.2) is 4.68 Å². The van der Waals surface area contributed by atoms with Crippen LogP contribution in [0.5, 0.6) is 0 Å². The summed E-state index contributed by atoms with van der Waals surface area (Å²) in [5.74, 6) is 0.910. The fraction of sp³-hybridized carbons (Fsp3) is 0.400. The van der Waals surface area contributed by atoms with Gasteiger partial charge in [0, 0.05) is 19.2 Å². The zero-order chi connectivity index (χ0) is 17.1. The molecule has 25 heavy (non-hydrogen) atoms. The zero-order valence-corrected chi connectivity index (χ0v) is 13.4. The summed E-state index contributed by atoms with van der Waals surface area (Å²) in [6.45, 7) is 1.12. The number of carbonyl (C=O) groups excluding carboxylic acids is 1. The minimum absolute atomic E-state index is 0.0237. The van der Waals surface area contributed by atoms with Crippen molar-refractivity contribution < 1.29 is 9.32 Å². The molecule has 0 unspecified atom stereocenters. The Labute approximate surface area is 142 Å². The molecule has 4 heterocycles. The molecule has 10 nitrogen and oxygen atoms in total. The summed E-state index contributed by atoms with van der Waals surface area (Å²) >= 11 is 0. The first-order chi connectivity index (χ1) is 12.3. The topological polar surface area (TPSA) is 116 Å². The third-order valence-corrected chi connectivity index (χ3v) is 4.14. The second-order valence-electron chi connectivity index (χ2n) is 5.74. The molecule has 0 N–H and O–H groups in total. The van der Waals surface area contributed by atoms with Gasteiger partial charge in [0.2, 0.25) is 17.6 Å². The maximum absolute atomic E-state index is 12.5. The summed E-state index contributed by atoms with van der Waals surface area (Å²) in [4.78, 5) is 23.0. The number of amides is 1. The van der Waals surface area contributed by atoms with E-state index in [1.807, 2.05) is 18.2 Å². The van der Waals surface area contributed by atoms with E-state index < -0.39 is 0 Å². The summed E-state index contributed by atoms with van der Waals surface area (Å²) in [6, 6.07) is 5.32. The van der Waals surface area contributed by atoms with E-state index in [2.05, 4.69) is 30.7 Å². The van der Waals surface area contributed by atoms with Crippen molar-refractivity contribution in [2.45, 2.75) is 31.8 Å². The Morgan fingerprint density at radius 2 is 2.32 bits per heavy atom. The predicted molar refractivity (Wildman–Crippen MR) is 83.7 cm³/mol. The lowest BCUT2D eigenvalue weighted by atomic mass is 10.2. The predicted octanol–water partition coefficient (Wildman–Crippen LogP) is 0.872. The molecule has 3 aromatic rings. The quantitative estimate of drug-likeness (QED) is 0.672. The SMILES string of the molecule is O=C(CCn1cnnn1)N1CCC[C@H]1c1nc(-c2ccccn2)no1. The average molecular weight is 340 g/mol. The van der Waals surface area contributed by atoms with E-state index >= 15 is 0 Å². The van der Waals surface area contributed by atoms with Crippen LogP contribution in [0.15, 0.2) is 35.2 Å². The van der Waals surface area contributed by atoms with Gasteiger partial charge in [0.15, 0.2) is 0 Å². The maximum atomic E-state index is 12.5. The minimum atomic E-state index is -0.189. The second kappa shape index (κ2) is 6.75. The summed E-state index contributed by atoms with van der Waals surface area (Å²) in [5, 5.41) is 14.9. The van der Waals surface area contributed by atoms with E-state index in [-0.39, 0.29) is 11.9 Å². The Bertz CT molecular complexity index is 832. The average Bonchev–Trinajstić information content (AvgIpc) is 3.41. The highest BCUT2D eigenvalue weighted by Gasteiger charge is 2.34. The lowest BCUT2D eigenvalue weighted by Crippen LogP contribution is -2.31. The third kappa shape index (κ3) is 3.23. The van der Waals surface area contributed by atoms with Crippen molar-refractivity contribution in [2.24, 2.45) is 0 Å². The molecular weight excluding hydrogens is 324 g/mol. The van der Waals surface area contributed by atoms with Crippen LogP contribution in [0, 0.1) is 0 Å². The lowest BCUT2D eigenvalue weighted by molar-refractivity contribution is -0.132. The molecule has 3 aromatic heterocycles. The van der Waals surface area contributed by atoms with E-state index in [0.29, 0.717) is 36.9 Å². The molecule has 1 saturated heterocycles. The Hall–Kier alpha value is -3.17. The number of tetrazole rings is 1. The molecule has 1 amide bonds. The second-order valence-corrected chi connectivity index (χ2v) is 5.74. The molecule has 0 aliphatic carbocycles. The first kappa shape index (κ1) is 15.4. The van der Waals surface area contributed by atoms with Crippen molar-refractivity contribution in [1.29, 1.82) is 0 Å². The molecule has 128 valence electrons. The Kier molecular flexibility index (Phi) is 4.15. The van der Waals surface area contributed by atoms with Crippen LogP contribution in [0.2, 0.25) is 0 Å². The number of aryl methyl sites for hydroxylation is 1. The monoisotopic (exact) mass is 340 g/mol. The van der Waals surface area contributed by atoms with Crippen molar-refractivity contribution in [2.75, 3.05) is 6.54 Å². The number of nitrogens with zero attached hydrogens (tertiary/aromatic N) is 8. The number of aromatic nitrogens is 7. The van der Waals surface area contributed by atoms with Crippen molar-refractivity contribution in [3.63, 3.8) is 0 Å². The van der Waals surface area contributed by atoms with E-state index in [0.717, 1.165) is 12.8 Å². The van der Waals surface area contributed by atoms with Gasteiger partial charge in [0.05, 0.1) is 6.54 Å². The first-order valence-corrected chi connectivity index (χ1v) is 8.06. The Balaban J connectivity index is 1.46. The molecule has 0 bridgehead atoms. The number of pyridine rings is 1. The molecule has 10 heteroatoms. The zero-order valence-electron chi connectivity index (χ0n) is 13.4. The number of carbonyl (C=O) groups is 1. The molecule has 1 fully saturated rings. The van der Waals surface area contributed by atoms with Gasteiger partial charge in [-0.05, 0) is 35.4 Å². The largest absolute Gasteiger partial charge is 0.337 e. The van der Waals surface area contributed by atoms with Crippen LogP contribution < -0.4 is 0 Å². The number of hydrogen-bond acceptors (Lipinski definition) is 8. The van der Waals surface area contributed by atoms with Gasteiger partial charge in [-0.1, -0.05) is 11.2 Å². The molecule has 0 aromatic carbocycles. The summed E-state index contributed by atoms with van der Waals surface area (Å²) in [6.07, 6.45) is 5.20. The Morgan fingerprint density at radius 1 is 1.36 bits per heavy atom. The van der Waals surface area contributed by atoms with E-state index in [1.54, 1.807) is 11.1 Å². The molecule has 1 aliphatic rings. The molecular formula is C15H16N8O2. The van der Waals surface area contributed by atoms with Crippen LogP contribution in [-0.4, -0.2) is 52.7 Å². The maximum Gasteiger partial charge on any atom is 0.249 e. The van der Waals surface area contributed by atoms with Crippen molar-refractivity contribution >= 4 is 5.91 Å².